The van der Waals surface area contributed by atoms with Gasteiger partial charge in [0.25, 0.3) is 5.95 Å². The van der Waals surface area contributed by atoms with Crippen LogP contribution in [0.25, 0.3) is 16.8 Å². The molecule has 0 saturated carbocycles. The van der Waals surface area contributed by atoms with Gasteiger partial charge in [0.2, 0.25) is 12.2 Å². The Bertz CT molecular complexity index is 2450. The summed E-state index contributed by atoms with van der Waals surface area (Å²) in [6.45, 7) is 18.0. The van der Waals surface area contributed by atoms with Crippen LogP contribution in [0.15, 0.2) is 90.0 Å². The number of ether oxygens (including phenoxy) is 4. The molecule has 15 nitrogen and oxygen atoms in total. The maximum atomic E-state index is 13.8. The van der Waals surface area contributed by atoms with Crippen molar-refractivity contribution in [3.63, 3.8) is 0 Å². The van der Waals surface area contributed by atoms with E-state index in [2.05, 4.69) is 29.2 Å². The molecule has 3 aromatic carbocycles. The predicted molar refractivity (Wildman–Crippen MR) is 239 cm³/mol. The third-order valence-electron chi connectivity index (χ3n) is 8.67. The Morgan fingerprint density at radius 1 is 0.873 bits per heavy atom. The number of carbonyl (C=O) groups is 4. The molecule has 1 N–H and O–H groups in total. The summed E-state index contributed by atoms with van der Waals surface area (Å²) in [5, 5.41) is 7.36. The number of benzene rings is 3. The first kappa shape index (κ1) is 51.0. The minimum atomic E-state index is -3.62. The molecule has 0 radical (unpaired) electrons. The summed E-state index contributed by atoms with van der Waals surface area (Å²) in [7, 11) is -2.31. The fourth-order valence-corrected chi connectivity index (χ4v) is 6.07. The number of nitrogens with zero attached hydrogens (tertiary/aromatic N) is 4. The number of nitrogens with one attached hydrogen (secondary N) is 1. The van der Waals surface area contributed by atoms with Crippen LogP contribution in [0.3, 0.4) is 0 Å². The molecule has 0 fully saturated rings. The molecular formula is C46H58FN5O10S. The number of sulfone groups is 1. The summed E-state index contributed by atoms with van der Waals surface area (Å²) in [6.07, 6.45) is 1.77. The van der Waals surface area contributed by atoms with E-state index in [9.17, 15) is 32.0 Å². The molecule has 0 spiro atoms. The Labute approximate surface area is 368 Å². The van der Waals surface area contributed by atoms with E-state index in [4.69, 9.17) is 18.9 Å². The number of hydrogen-bond acceptors (Lipinski definition) is 12. The van der Waals surface area contributed by atoms with E-state index in [1.54, 1.807) is 49.5 Å². The summed E-state index contributed by atoms with van der Waals surface area (Å²) in [4.78, 5) is 54.6. The summed E-state index contributed by atoms with van der Waals surface area (Å²) in [6, 6.07) is 20.3. The molecule has 5 aromatic rings. The van der Waals surface area contributed by atoms with Crippen molar-refractivity contribution in [1.82, 2.24) is 14.6 Å². The number of fused-ring (bicyclic) bond motifs is 1. The van der Waals surface area contributed by atoms with Crippen LogP contribution >= 0.6 is 0 Å². The average molecular weight is 892 g/mol. The monoisotopic (exact) mass is 891 g/mol. The highest BCUT2D eigenvalue weighted by molar-refractivity contribution is 7.90. The number of carbonyl (C=O) groups excluding carboxylic acids is 4. The number of methoxy groups -OCH3 is 1. The zero-order chi connectivity index (χ0) is 47.2. The first-order valence-electron chi connectivity index (χ1n) is 20.3. The van der Waals surface area contributed by atoms with Gasteiger partial charge in [0.15, 0.2) is 15.5 Å². The van der Waals surface area contributed by atoms with Crippen molar-refractivity contribution in [3.8, 4) is 16.9 Å². The van der Waals surface area contributed by atoms with Crippen LogP contribution in [-0.4, -0.2) is 72.2 Å². The molecule has 0 aliphatic heterocycles. The summed E-state index contributed by atoms with van der Waals surface area (Å²) < 4.78 is 60.4. The molecule has 0 aliphatic rings. The summed E-state index contributed by atoms with van der Waals surface area (Å²) >= 11 is 0. The van der Waals surface area contributed by atoms with Crippen molar-refractivity contribution < 1.29 is 50.9 Å². The van der Waals surface area contributed by atoms with E-state index in [0.29, 0.717) is 16.9 Å². The van der Waals surface area contributed by atoms with Crippen LogP contribution in [0.1, 0.15) is 81.2 Å². The molecule has 5 rings (SSSR count). The zero-order valence-electron chi connectivity index (χ0n) is 37.9. The van der Waals surface area contributed by atoms with Crippen molar-refractivity contribution >= 4 is 56.7 Å². The Hall–Kier alpha value is -6.36. The van der Waals surface area contributed by atoms with E-state index in [1.807, 2.05) is 46.8 Å². The minimum Gasteiger partial charge on any atom is -0.495 e. The molecule has 1 unspecified atom stereocenters. The van der Waals surface area contributed by atoms with Crippen LogP contribution < -0.4 is 15.0 Å². The molecule has 0 bridgehead atoms. The number of hydrogen-bond donors (Lipinski definition) is 1. The Balaban J connectivity index is 0.000000853. The van der Waals surface area contributed by atoms with Crippen molar-refractivity contribution in [1.29, 1.82) is 0 Å². The lowest BCUT2D eigenvalue weighted by molar-refractivity contribution is -0.170. The first-order valence-corrected chi connectivity index (χ1v) is 22.1. The van der Waals surface area contributed by atoms with E-state index in [-0.39, 0.29) is 57.9 Å². The lowest BCUT2D eigenvalue weighted by Crippen LogP contribution is -2.34. The van der Waals surface area contributed by atoms with Crippen LogP contribution in [0.4, 0.5) is 26.5 Å². The summed E-state index contributed by atoms with van der Waals surface area (Å²) in [5.74, 6) is -1.97. The molecule has 17 heteroatoms. The van der Waals surface area contributed by atoms with Crippen LogP contribution in [0.5, 0.6) is 5.75 Å². The molecule has 2 aromatic heterocycles. The largest absolute Gasteiger partial charge is 0.495 e. The molecular weight excluding hydrogens is 834 g/mol. The molecule has 2 atom stereocenters. The number of anilines is 3. The number of esters is 2. The van der Waals surface area contributed by atoms with Gasteiger partial charge in [-0.05, 0) is 86.3 Å². The number of amides is 2. The molecule has 0 aliphatic carbocycles. The third kappa shape index (κ3) is 15.8. The van der Waals surface area contributed by atoms with Gasteiger partial charge in [0, 0.05) is 43.6 Å². The van der Waals surface area contributed by atoms with E-state index in [1.165, 1.54) is 62.2 Å². The van der Waals surface area contributed by atoms with E-state index >= 15 is 0 Å². The van der Waals surface area contributed by atoms with Crippen molar-refractivity contribution in [3.05, 3.63) is 96.4 Å². The van der Waals surface area contributed by atoms with Gasteiger partial charge in [-0.25, -0.2) is 27.0 Å². The van der Waals surface area contributed by atoms with Crippen molar-refractivity contribution in [2.75, 3.05) is 23.6 Å². The van der Waals surface area contributed by atoms with Crippen molar-refractivity contribution in [2.45, 2.75) is 98.9 Å². The lowest BCUT2D eigenvalue weighted by atomic mass is 9.99. The quantitative estimate of drug-likeness (QED) is 0.0926. The van der Waals surface area contributed by atoms with Gasteiger partial charge in [-0.15, -0.1) is 5.10 Å². The number of aromatic nitrogens is 3. The lowest BCUT2D eigenvalue weighted by Gasteiger charge is -2.24. The fourth-order valence-electron chi connectivity index (χ4n) is 5.43. The Morgan fingerprint density at radius 2 is 1.48 bits per heavy atom. The van der Waals surface area contributed by atoms with Crippen LogP contribution in [-0.2, 0) is 44.9 Å². The molecule has 63 heavy (non-hydrogen) atoms. The highest BCUT2D eigenvalue weighted by atomic mass is 32.2. The molecule has 0 saturated heterocycles. The topological polar surface area (TPSA) is 185 Å². The molecule has 2 heterocycles. The summed E-state index contributed by atoms with van der Waals surface area (Å²) in [5.41, 5.74) is 2.88. The van der Waals surface area contributed by atoms with Gasteiger partial charge in [0.1, 0.15) is 17.2 Å². The third-order valence-corrected chi connectivity index (χ3v) is 9.78. The number of rotatable bonds is 12. The standard InChI is InChI=1S/C37H38FN5O8S.C6H12O2.C3H8/c1-22(2)23(3)35(45)50-24(4)51-37(46)43(31-17-16-30(52(6,47)48)20-32(31)49-5)36-40-33-18-11-27(21-42(33)41-36)26-9-14-29(15-10-26)39-34(44)19-25-7-12-28(38)13-8-25;1-5(7)8-6(2,3)4;1-3-2/h7-18,20-24H,19H2,1-6H3,(H,39,44);1-4H3;3H2,1-2H3/t23-,24?;;/m0../s1. The first-order chi connectivity index (χ1) is 29.5. The smallest absolute Gasteiger partial charge is 0.424 e. The van der Waals surface area contributed by atoms with Crippen LogP contribution in [0.2, 0.25) is 0 Å². The highest BCUT2D eigenvalue weighted by Gasteiger charge is 2.31. The van der Waals surface area contributed by atoms with Gasteiger partial charge in [0.05, 0.1) is 30.0 Å². The zero-order valence-corrected chi connectivity index (χ0v) is 38.7. The second-order valence-electron chi connectivity index (χ2n) is 15.8. The maximum absolute atomic E-state index is 13.8. The van der Waals surface area contributed by atoms with Gasteiger partial charge < -0.3 is 24.3 Å². The number of halogens is 1. The fraction of sp³-hybridized carbons (Fsp3) is 0.391. The number of pyridine rings is 1. The van der Waals surface area contributed by atoms with Crippen molar-refractivity contribution in [2.24, 2.45) is 11.8 Å². The van der Waals surface area contributed by atoms with Gasteiger partial charge in [-0.2, -0.15) is 4.98 Å². The molecule has 2 amide bonds. The van der Waals surface area contributed by atoms with Gasteiger partial charge in [-0.3, -0.25) is 14.4 Å². The minimum absolute atomic E-state index is 0.00517. The van der Waals surface area contributed by atoms with E-state index in [0.717, 1.165) is 22.3 Å². The second-order valence-corrected chi connectivity index (χ2v) is 17.9. The average Bonchev–Trinajstić information content (AvgIpc) is 3.61. The molecule has 340 valence electrons. The Kier molecular flexibility index (Phi) is 18.3. The maximum Gasteiger partial charge on any atom is 0.424 e. The Morgan fingerprint density at radius 3 is 2.00 bits per heavy atom. The van der Waals surface area contributed by atoms with Gasteiger partial charge >= 0.3 is 18.0 Å². The van der Waals surface area contributed by atoms with Crippen LogP contribution in [0, 0.1) is 17.7 Å². The van der Waals surface area contributed by atoms with Gasteiger partial charge in [-0.1, -0.05) is 65.3 Å². The predicted octanol–water partition coefficient (Wildman–Crippen LogP) is 9.35. The SMILES string of the molecule is CC(=O)OC(C)(C)C.CCC.COc1cc(S(C)(=O)=O)ccc1N(C(=O)OC(C)OC(=O)[C@@H](C)C(C)C)c1nc2ccc(-c3ccc(NC(=O)Cc4ccc(F)cc4)cc3)cn2n1. The second kappa shape index (κ2) is 22.6. The highest BCUT2D eigenvalue weighted by Crippen LogP contribution is 2.36. The normalized spacial score (nSPS) is 12.1. The van der Waals surface area contributed by atoms with E-state index < -0.39 is 34.1 Å².